The van der Waals surface area contributed by atoms with Crippen molar-refractivity contribution in [3.63, 3.8) is 0 Å². The molecule has 1 aromatic rings. The third-order valence-electron chi connectivity index (χ3n) is 2.41. The summed E-state index contributed by atoms with van der Waals surface area (Å²) in [4.78, 5) is 12.1. The Balaban J connectivity index is 2.40. The van der Waals surface area contributed by atoms with Crippen LogP contribution in [-0.2, 0) is 9.53 Å². The first-order valence-electron chi connectivity index (χ1n) is 5.94. The van der Waals surface area contributed by atoms with Crippen LogP contribution in [0.2, 0.25) is 0 Å². The molecule has 1 unspecified atom stereocenters. The molecule has 1 rings (SSSR count). The summed E-state index contributed by atoms with van der Waals surface area (Å²) in [7, 11) is 1.53. The van der Waals surface area contributed by atoms with E-state index in [-0.39, 0.29) is 30.1 Å². The minimum Gasteiger partial charge on any atom is -0.396 e. The van der Waals surface area contributed by atoms with Crippen LogP contribution >= 0.6 is 11.8 Å². The fourth-order valence-electron chi connectivity index (χ4n) is 1.53. The highest BCUT2D eigenvalue weighted by atomic mass is 32.2. The van der Waals surface area contributed by atoms with Crippen molar-refractivity contribution in [1.82, 2.24) is 5.32 Å². The van der Waals surface area contributed by atoms with Gasteiger partial charge in [-0.2, -0.15) is 0 Å². The monoisotopic (exact) mass is 287 g/mol. The first-order valence-corrected chi connectivity index (χ1v) is 6.92. The number of carbonyl (C=O) groups is 1. The number of nitrogens with one attached hydrogen (secondary N) is 1. The van der Waals surface area contributed by atoms with E-state index in [1.54, 1.807) is 18.2 Å². The van der Waals surface area contributed by atoms with E-state index in [0.29, 0.717) is 17.9 Å². The summed E-state index contributed by atoms with van der Waals surface area (Å²) in [6.45, 7) is 0.325. The number of carbonyl (C=O) groups excluding carboxylic acids is 1. The molecule has 0 saturated carbocycles. The van der Waals surface area contributed by atoms with E-state index in [9.17, 15) is 9.18 Å². The quantitative estimate of drug-likeness (QED) is 0.710. The van der Waals surface area contributed by atoms with E-state index in [4.69, 9.17) is 9.84 Å². The Morgan fingerprint density at radius 1 is 1.53 bits per heavy atom. The van der Waals surface area contributed by atoms with Crippen molar-refractivity contribution in [2.24, 2.45) is 0 Å². The Labute approximate surface area is 116 Å². The zero-order valence-corrected chi connectivity index (χ0v) is 11.6. The normalized spacial score (nSPS) is 12.2. The third-order valence-corrected chi connectivity index (χ3v) is 3.45. The van der Waals surface area contributed by atoms with Crippen LogP contribution in [0.25, 0.3) is 0 Å². The maximum atomic E-state index is 13.3. The van der Waals surface area contributed by atoms with Crippen LogP contribution in [-0.4, -0.2) is 43.1 Å². The number of benzene rings is 1. The lowest BCUT2D eigenvalue weighted by Gasteiger charge is -2.16. The highest BCUT2D eigenvalue weighted by Gasteiger charge is 2.12. The summed E-state index contributed by atoms with van der Waals surface area (Å²) in [5, 5.41) is 11.6. The summed E-state index contributed by atoms with van der Waals surface area (Å²) in [5.41, 5.74) is 0. The number of aliphatic hydroxyl groups excluding tert-OH is 1. The van der Waals surface area contributed by atoms with Gasteiger partial charge in [-0.3, -0.25) is 4.79 Å². The number of ether oxygens (including phenoxy) is 1. The summed E-state index contributed by atoms with van der Waals surface area (Å²) in [6, 6.07) is 6.11. The molecule has 1 aromatic carbocycles. The molecule has 0 radical (unpaired) electrons. The molecule has 0 spiro atoms. The number of aliphatic hydroxyl groups is 1. The van der Waals surface area contributed by atoms with Crippen LogP contribution < -0.4 is 5.32 Å². The molecule has 0 aliphatic rings. The predicted molar refractivity (Wildman–Crippen MR) is 72.6 cm³/mol. The second-order valence-electron chi connectivity index (χ2n) is 3.95. The number of hydrogen-bond donors (Lipinski definition) is 2. The second kappa shape index (κ2) is 8.90. The van der Waals surface area contributed by atoms with Crippen LogP contribution in [0.1, 0.15) is 6.42 Å². The highest BCUT2D eigenvalue weighted by Crippen LogP contribution is 2.20. The Bertz CT molecular complexity index is 397. The van der Waals surface area contributed by atoms with Crippen molar-refractivity contribution in [2.45, 2.75) is 17.4 Å². The van der Waals surface area contributed by atoms with Gasteiger partial charge < -0.3 is 15.2 Å². The predicted octanol–water partition coefficient (Wildman–Crippen LogP) is 1.43. The minimum atomic E-state index is -0.330. The SMILES string of the molecule is COCC(CCO)NC(=O)CSc1ccccc1F. The number of methoxy groups -OCH3 is 1. The molecule has 1 atom stereocenters. The molecule has 0 fully saturated rings. The zero-order chi connectivity index (χ0) is 14.1. The Morgan fingerprint density at radius 2 is 2.26 bits per heavy atom. The molecule has 106 valence electrons. The van der Waals surface area contributed by atoms with E-state index in [1.807, 2.05) is 0 Å². The van der Waals surface area contributed by atoms with Crippen LogP contribution in [0.5, 0.6) is 0 Å². The van der Waals surface area contributed by atoms with Gasteiger partial charge in [-0.25, -0.2) is 4.39 Å². The topological polar surface area (TPSA) is 58.6 Å². The zero-order valence-electron chi connectivity index (χ0n) is 10.8. The Hall–Kier alpha value is -1.11. The standard InChI is InChI=1S/C13H18FNO3S/c1-18-8-10(6-7-16)15-13(17)9-19-12-5-3-2-4-11(12)14/h2-5,10,16H,6-9H2,1H3,(H,15,17). The van der Waals surface area contributed by atoms with Gasteiger partial charge in [0.25, 0.3) is 0 Å². The lowest BCUT2D eigenvalue weighted by atomic mass is 10.2. The van der Waals surface area contributed by atoms with Gasteiger partial charge in [-0.1, -0.05) is 12.1 Å². The van der Waals surface area contributed by atoms with E-state index in [0.717, 1.165) is 11.8 Å². The lowest BCUT2D eigenvalue weighted by molar-refractivity contribution is -0.119. The van der Waals surface area contributed by atoms with E-state index in [1.165, 1.54) is 13.2 Å². The van der Waals surface area contributed by atoms with Crippen molar-refractivity contribution < 1.29 is 19.0 Å². The second-order valence-corrected chi connectivity index (χ2v) is 4.97. The molecule has 0 aromatic heterocycles. The van der Waals surface area contributed by atoms with Gasteiger partial charge in [-0.15, -0.1) is 11.8 Å². The Morgan fingerprint density at radius 3 is 2.89 bits per heavy atom. The fourth-order valence-corrected chi connectivity index (χ4v) is 2.28. The van der Waals surface area contributed by atoms with Crippen molar-refractivity contribution in [1.29, 1.82) is 0 Å². The fraction of sp³-hybridized carbons (Fsp3) is 0.462. The van der Waals surface area contributed by atoms with Gasteiger partial charge in [0, 0.05) is 18.6 Å². The van der Waals surface area contributed by atoms with Crippen molar-refractivity contribution >= 4 is 17.7 Å². The van der Waals surface area contributed by atoms with Gasteiger partial charge >= 0.3 is 0 Å². The average Bonchev–Trinajstić information content (AvgIpc) is 2.38. The summed E-state index contributed by atoms with van der Waals surface area (Å²) in [5.74, 6) is -0.403. The average molecular weight is 287 g/mol. The summed E-state index contributed by atoms with van der Waals surface area (Å²) < 4.78 is 18.3. The molecule has 19 heavy (non-hydrogen) atoms. The first-order chi connectivity index (χ1) is 9.17. The number of halogens is 1. The van der Waals surface area contributed by atoms with Crippen molar-refractivity contribution in [3.05, 3.63) is 30.1 Å². The van der Waals surface area contributed by atoms with E-state index < -0.39 is 0 Å². The molecular weight excluding hydrogens is 269 g/mol. The summed E-state index contributed by atoms with van der Waals surface area (Å²) >= 11 is 1.14. The van der Waals surface area contributed by atoms with Crippen molar-refractivity contribution in [2.75, 3.05) is 26.1 Å². The number of hydrogen-bond acceptors (Lipinski definition) is 4. The maximum absolute atomic E-state index is 13.3. The summed E-state index contributed by atoms with van der Waals surface area (Å²) in [6.07, 6.45) is 0.434. The van der Waals surface area contributed by atoms with Crippen LogP contribution in [0.15, 0.2) is 29.2 Å². The molecule has 0 heterocycles. The first kappa shape index (κ1) is 15.9. The molecule has 0 aliphatic heterocycles. The minimum absolute atomic E-state index is 0.0191. The molecule has 1 amide bonds. The Kier molecular flexibility index (Phi) is 7.47. The molecule has 0 saturated heterocycles. The van der Waals surface area contributed by atoms with Crippen LogP contribution in [0, 0.1) is 5.82 Å². The van der Waals surface area contributed by atoms with Crippen LogP contribution in [0.3, 0.4) is 0 Å². The molecule has 0 aliphatic carbocycles. The maximum Gasteiger partial charge on any atom is 0.230 e. The molecule has 4 nitrogen and oxygen atoms in total. The molecule has 0 bridgehead atoms. The smallest absolute Gasteiger partial charge is 0.230 e. The third kappa shape index (κ3) is 6.04. The molecular formula is C13H18FNO3S. The largest absolute Gasteiger partial charge is 0.396 e. The van der Waals surface area contributed by atoms with Crippen LogP contribution in [0.4, 0.5) is 4.39 Å². The van der Waals surface area contributed by atoms with Gasteiger partial charge in [0.05, 0.1) is 18.4 Å². The van der Waals surface area contributed by atoms with Gasteiger partial charge in [0.15, 0.2) is 0 Å². The van der Waals surface area contributed by atoms with E-state index >= 15 is 0 Å². The lowest BCUT2D eigenvalue weighted by Crippen LogP contribution is -2.39. The highest BCUT2D eigenvalue weighted by molar-refractivity contribution is 8.00. The molecule has 6 heteroatoms. The molecule has 2 N–H and O–H groups in total. The van der Waals surface area contributed by atoms with E-state index in [2.05, 4.69) is 5.32 Å². The number of amides is 1. The van der Waals surface area contributed by atoms with Gasteiger partial charge in [0.2, 0.25) is 5.91 Å². The van der Waals surface area contributed by atoms with Gasteiger partial charge in [-0.05, 0) is 18.6 Å². The van der Waals surface area contributed by atoms with Crippen molar-refractivity contribution in [3.8, 4) is 0 Å². The van der Waals surface area contributed by atoms with Gasteiger partial charge in [0.1, 0.15) is 5.82 Å². The number of thioether (sulfide) groups is 1. The number of rotatable bonds is 8.